The predicted molar refractivity (Wildman–Crippen MR) is 120 cm³/mol. The van der Waals surface area contributed by atoms with Gasteiger partial charge in [-0.2, -0.15) is 4.98 Å². The number of carbonyl (C=O) groups is 1. The van der Waals surface area contributed by atoms with Gasteiger partial charge in [0, 0.05) is 11.8 Å². The van der Waals surface area contributed by atoms with E-state index >= 15 is 0 Å². The van der Waals surface area contributed by atoms with Crippen LogP contribution < -0.4 is 10.1 Å². The number of pyridine rings is 1. The smallest absolute Gasteiger partial charge is 0.259 e. The largest absolute Gasteiger partial charge is 0.495 e. The van der Waals surface area contributed by atoms with Crippen LogP contribution in [0.2, 0.25) is 0 Å². The number of benzene rings is 2. The first-order chi connectivity index (χ1) is 15.1. The lowest BCUT2D eigenvalue weighted by atomic mass is 10.2. The zero-order valence-electron chi connectivity index (χ0n) is 17.0. The molecule has 0 saturated carbocycles. The molecule has 0 aliphatic rings. The molecule has 2 aromatic heterocycles. The Morgan fingerprint density at radius 1 is 1.10 bits per heavy atom. The van der Waals surface area contributed by atoms with Gasteiger partial charge in [0.25, 0.3) is 5.89 Å². The number of nitrogens with one attached hydrogen (secondary N) is 1. The van der Waals surface area contributed by atoms with Gasteiger partial charge in [-0.15, -0.1) is 0 Å². The van der Waals surface area contributed by atoms with Crippen molar-refractivity contribution < 1.29 is 14.1 Å². The van der Waals surface area contributed by atoms with Crippen molar-refractivity contribution in [3.63, 3.8) is 0 Å². The Morgan fingerprint density at radius 3 is 2.68 bits per heavy atom. The Balaban J connectivity index is 1.37. The van der Waals surface area contributed by atoms with Crippen LogP contribution in [-0.2, 0) is 4.79 Å². The maximum Gasteiger partial charge on any atom is 0.259 e. The van der Waals surface area contributed by atoms with Crippen molar-refractivity contribution in [3.8, 4) is 28.6 Å². The first kappa shape index (κ1) is 20.6. The Morgan fingerprint density at radius 2 is 1.94 bits per heavy atom. The molecule has 0 saturated heterocycles. The fraction of sp³-hybridized carbons (Fsp3) is 0.130. The SMILES string of the molecule is COc1ccc(C)cc1NC(=O)CSc1ccc(-c2nc(-c3ccccc3)no2)cn1. The van der Waals surface area contributed by atoms with E-state index in [-0.39, 0.29) is 11.7 Å². The lowest BCUT2D eigenvalue weighted by molar-refractivity contribution is -0.113. The van der Waals surface area contributed by atoms with Gasteiger partial charge in [-0.25, -0.2) is 4.98 Å². The number of thioether (sulfide) groups is 1. The number of nitrogens with zero attached hydrogens (tertiary/aromatic N) is 3. The molecule has 0 unspecified atom stereocenters. The third kappa shape index (κ3) is 5.10. The van der Waals surface area contributed by atoms with E-state index in [1.165, 1.54) is 11.8 Å². The molecule has 0 atom stereocenters. The van der Waals surface area contributed by atoms with E-state index in [2.05, 4.69) is 20.4 Å². The molecule has 0 radical (unpaired) electrons. The Kier molecular flexibility index (Phi) is 6.28. The second kappa shape index (κ2) is 9.44. The summed E-state index contributed by atoms with van der Waals surface area (Å²) in [7, 11) is 1.58. The fourth-order valence-electron chi connectivity index (χ4n) is 2.88. The van der Waals surface area contributed by atoms with Crippen molar-refractivity contribution in [2.45, 2.75) is 11.9 Å². The summed E-state index contributed by atoms with van der Waals surface area (Å²) in [6.07, 6.45) is 1.66. The lowest BCUT2D eigenvalue weighted by Gasteiger charge is -2.10. The van der Waals surface area contributed by atoms with Crippen molar-refractivity contribution in [1.29, 1.82) is 0 Å². The standard InChI is InChI=1S/C23H20N4O3S/c1-15-8-10-19(29-2)18(12-15)25-20(28)14-31-21-11-9-17(13-24-21)23-26-22(27-30-23)16-6-4-3-5-7-16/h3-13H,14H2,1-2H3,(H,25,28). The predicted octanol–water partition coefficient (Wildman–Crippen LogP) is 4.85. The highest BCUT2D eigenvalue weighted by Gasteiger charge is 2.12. The van der Waals surface area contributed by atoms with E-state index in [0.29, 0.717) is 28.7 Å². The third-order valence-electron chi connectivity index (χ3n) is 4.42. The highest BCUT2D eigenvalue weighted by Crippen LogP contribution is 2.26. The summed E-state index contributed by atoms with van der Waals surface area (Å²) in [5.74, 6) is 1.64. The molecular weight excluding hydrogens is 412 g/mol. The molecule has 0 fully saturated rings. The number of ether oxygens (including phenoxy) is 1. The van der Waals surface area contributed by atoms with Gasteiger partial charge in [-0.05, 0) is 36.8 Å². The number of amides is 1. The van der Waals surface area contributed by atoms with Gasteiger partial charge in [-0.3, -0.25) is 4.79 Å². The summed E-state index contributed by atoms with van der Waals surface area (Å²) in [5.41, 5.74) is 3.29. The van der Waals surface area contributed by atoms with Crippen molar-refractivity contribution >= 4 is 23.4 Å². The number of anilines is 1. The number of hydrogen-bond acceptors (Lipinski definition) is 7. The number of hydrogen-bond donors (Lipinski definition) is 1. The number of methoxy groups -OCH3 is 1. The highest BCUT2D eigenvalue weighted by atomic mass is 32.2. The lowest BCUT2D eigenvalue weighted by Crippen LogP contribution is -2.14. The molecule has 1 N–H and O–H groups in total. The molecule has 0 aliphatic heterocycles. The van der Waals surface area contributed by atoms with E-state index in [9.17, 15) is 4.79 Å². The van der Waals surface area contributed by atoms with Crippen molar-refractivity contribution in [1.82, 2.24) is 15.1 Å². The third-order valence-corrected chi connectivity index (χ3v) is 5.37. The fourth-order valence-corrected chi connectivity index (χ4v) is 3.53. The molecule has 1 amide bonds. The minimum Gasteiger partial charge on any atom is -0.495 e. The number of aryl methyl sites for hydroxylation is 1. The normalized spacial score (nSPS) is 10.6. The molecule has 4 aromatic rings. The van der Waals surface area contributed by atoms with Gasteiger partial charge in [0.1, 0.15) is 5.75 Å². The molecule has 0 bridgehead atoms. The van der Waals surface area contributed by atoms with Crippen LogP contribution in [0.25, 0.3) is 22.8 Å². The summed E-state index contributed by atoms with van der Waals surface area (Å²) in [5, 5.41) is 7.63. The second-order valence-electron chi connectivity index (χ2n) is 6.71. The summed E-state index contributed by atoms with van der Waals surface area (Å²) >= 11 is 1.34. The minimum absolute atomic E-state index is 0.135. The number of carbonyl (C=O) groups excluding carboxylic acids is 1. The summed E-state index contributed by atoms with van der Waals surface area (Å²) in [6, 6.07) is 18.9. The Hall–Kier alpha value is -3.65. The maximum absolute atomic E-state index is 12.3. The van der Waals surface area contributed by atoms with Crippen molar-refractivity contribution in [3.05, 3.63) is 72.4 Å². The van der Waals surface area contributed by atoms with Crippen LogP contribution in [0.5, 0.6) is 5.75 Å². The van der Waals surface area contributed by atoms with Crippen LogP contribution >= 0.6 is 11.8 Å². The molecular formula is C23H20N4O3S. The monoisotopic (exact) mass is 432 g/mol. The van der Waals surface area contributed by atoms with E-state index in [1.807, 2.05) is 67.6 Å². The first-order valence-electron chi connectivity index (χ1n) is 9.55. The first-order valence-corrected chi connectivity index (χ1v) is 10.5. The van der Waals surface area contributed by atoms with Crippen LogP contribution in [0.4, 0.5) is 5.69 Å². The highest BCUT2D eigenvalue weighted by molar-refractivity contribution is 7.99. The number of rotatable bonds is 7. The summed E-state index contributed by atoms with van der Waals surface area (Å²) in [4.78, 5) is 21.2. The van der Waals surface area contributed by atoms with Crippen molar-refractivity contribution in [2.75, 3.05) is 18.2 Å². The molecule has 0 spiro atoms. The minimum atomic E-state index is -0.135. The van der Waals surface area contributed by atoms with E-state index in [4.69, 9.17) is 9.26 Å². The quantitative estimate of drug-likeness (QED) is 0.418. The second-order valence-corrected chi connectivity index (χ2v) is 7.71. The van der Waals surface area contributed by atoms with E-state index in [1.54, 1.807) is 13.3 Å². The van der Waals surface area contributed by atoms with Crippen LogP contribution in [0, 0.1) is 6.92 Å². The summed E-state index contributed by atoms with van der Waals surface area (Å²) < 4.78 is 10.7. The van der Waals surface area contributed by atoms with Crippen LogP contribution in [0.1, 0.15) is 5.56 Å². The van der Waals surface area contributed by atoms with Gasteiger partial charge in [0.15, 0.2) is 0 Å². The van der Waals surface area contributed by atoms with Crippen LogP contribution in [-0.4, -0.2) is 33.9 Å². The molecule has 0 aliphatic carbocycles. The molecule has 4 rings (SSSR count). The van der Waals surface area contributed by atoms with Gasteiger partial charge in [-0.1, -0.05) is 53.3 Å². The van der Waals surface area contributed by atoms with E-state index < -0.39 is 0 Å². The van der Waals surface area contributed by atoms with Gasteiger partial charge < -0.3 is 14.6 Å². The topological polar surface area (TPSA) is 90.1 Å². The number of aromatic nitrogens is 3. The van der Waals surface area contributed by atoms with Crippen molar-refractivity contribution in [2.24, 2.45) is 0 Å². The van der Waals surface area contributed by atoms with Gasteiger partial charge in [0.05, 0.1) is 29.1 Å². The van der Waals surface area contributed by atoms with Crippen LogP contribution in [0.3, 0.4) is 0 Å². The van der Waals surface area contributed by atoms with E-state index in [0.717, 1.165) is 16.2 Å². The zero-order chi connectivity index (χ0) is 21.6. The molecule has 2 heterocycles. The molecule has 156 valence electrons. The van der Waals surface area contributed by atoms with Gasteiger partial charge >= 0.3 is 0 Å². The molecule has 8 heteroatoms. The zero-order valence-corrected chi connectivity index (χ0v) is 17.8. The van der Waals surface area contributed by atoms with Gasteiger partial charge in [0.2, 0.25) is 11.7 Å². The molecule has 31 heavy (non-hydrogen) atoms. The Bertz CT molecular complexity index is 1180. The maximum atomic E-state index is 12.3. The summed E-state index contributed by atoms with van der Waals surface area (Å²) in [6.45, 7) is 1.96. The van der Waals surface area contributed by atoms with Crippen LogP contribution in [0.15, 0.2) is 76.4 Å². The molecule has 2 aromatic carbocycles. The average molecular weight is 433 g/mol. The average Bonchev–Trinajstić information content (AvgIpc) is 3.29. The molecule has 7 nitrogen and oxygen atoms in total. The Labute approximate surface area is 183 Å².